The standard InChI is InChI=1S/C16H34N2O2S/c1-15(2,3)17-13-14-7-9-18(10-8-14)11-12-21(19,20)16(4,5)6/h14,17H,7-13H2,1-6H3. The van der Waals surface area contributed by atoms with Gasteiger partial charge in [0, 0.05) is 12.1 Å². The molecule has 5 heteroatoms. The minimum absolute atomic E-state index is 0.178. The zero-order valence-corrected chi connectivity index (χ0v) is 15.5. The first-order valence-electron chi connectivity index (χ1n) is 8.10. The Morgan fingerprint density at radius 1 is 1.05 bits per heavy atom. The fourth-order valence-corrected chi connectivity index (χ4v) is 3.53. The van der Waals surface area contributed by atoms with Crippen LogP contribution < -0.4 is 5.32 Å². The van der Waals surface area contributed by atoms with Crippen molar-refractivity contribution in [2.24, 2.45) is 5.92 Å². The third-order valence-corrected chi connectivity index (χ3v) is 6.82. The summed E-state index contributed by atoms with van der Waals surface area (Å²) in [6.45, 7) is 15.7. The molecule has 0 atom stereocenters. The van der Waals surface area contributed by atoms with Crippen molar-refractivity contribution in [3.63, 3.8) is 0 Å². The normalized spacial score (nSPS) is 19.9. The number of hydrogen-bond donors (Lipinski definition) is 1. The summed E-state index contributed by atoms with van der Waals surface area (Å²) < 4.78 is 23.6. The first-order chi connectivity index (χ1) is 9.41. The fraction of sp³-hybridized carbons (Fsp3) is 1.00. The van der Waals surface area contributed by atoms with Crippen molar-refractivity contribution in [1.82, 2.24) is 10.2 Å². The summed E-state index contributed by atoms with van der Waals surface area (Å²) in [5.74, 6) is 1.00. The van der Waals surface area contributed by atoms with Crippen molar-refractivity contribution in [2.75, 3.05) is 31.9 Å². The van der Waals surface area contributed by atoms with E-state index in [1.807, 2.05) is 0 Å². The molecule has 0 aliphatic carbocycles. The Balaban J connectivity index is 2.31. The molecule has 0 aromatic rings. The van der Waals surface area contributed by atoms with Crippen LogP contribution in [0.5, 0.6) is 0 Å². The van der Waals surface area contributed by atoms with E-state index in [1.165, 1.54) is 12.8 Å². The third kappa shape index (κ3) is 6.66. The predicted octanol–water partition coefficient (Wildman–Crippen LogP) is 2.30. The first-order valence-corrected chi connectivity index (χ1v) is 9.76. The Morgan fingerprint density at radius 2 is 1.57 bits per heavy atom. The summed E-state index contributed by atoms with van der Waals surface area (Å²) in [7, 11) is -2.99. The number of hydrogen-bond acceptors (Lipinski definition) is 4. The Hall–Kier alpha value is -0.130. The van der Waals surface area contributed by atoms with Gasteiger partial charge < -0.3 is 10.2 Å². The molecule has 0 radical (unpaired) electrons. The quantitative estimate of drug-likeness (QED) is 0.845. The summed E-state index contributed by atoms with van der Waals surface area (Å²) in [5, 5.41) is 3.57. The monoisotopic (exact) mass is 318 g/mol. The van der Waals surface area contributed by atoms with Gasteiger partial charge in [0.2, 0.25) is 0 Å². The van der Waals surface area contributed by atoms with E-state index >= 15 is 0 Å². The second kappa shape index (κ2) is 6.97. The van der Waals surface area contributed by atoms with Gasteiger partial charge in [0.1, 0.15) is 0 Å². The average molecular weight is 319 g/mol. The van der Waals surface area contributed by atoms with Crippen molar-refractivity contribution in [3.8, 4) is 0 Å². The van der Waals surface area contributed by atoms with Crippen molar-refractivity contribution < 1.29 is 8.42 Å². The zero-order chi connectivity index (χ0) is 16.3. The second-order valence-electron chi connectivity index (χ2n) is 8.35. The largest absolute Gasteiger partial charge is 0.312 e. The molecule has 21 heavy (non-hydrogen) atoms. The van der Waals surface area contributed by atoms with Crippen LogP contribution in [0.4, 0.5) is 0 Å². The highest BCUT2D eigenvalue weighted by Crippen LogP contribution is 2.19. The molecule has 0 aromatic carbocycles. The molecule has 1 saturated heterocycles. The molecule has 126 valence electrons. The van der Waals surface area contributed by atoms with Gasteiger partial charge in [0.25, 0.3) is 0 Å². The molecule has 0 amide bonds. The number of nitrogens with zero attached hydrogens (tertiary/aromatic N) is 1. The molecule has 4 nitrogen and oxygen atoms in total. The second-order valence-corrected chi connectivity index (χ2v) is 11.2. The van der Waals surface area contributed by atoms with Gasteiger partial charge in [0.05, 0.1) is 10.5 Å². The molecule has 1 aliphatic rings. The molecule has 0 bridgehead atoms. The van der Waals surface area contributed by atoms with Crippen LogP contribution in [-0.2, 0) is 9.84 Å². The van der Waals surface area contributed by atoms with Crippen LogP contribution in [0.25, 0.3) is 0 Å². The maximum absolute atomic E-state index is 12.1. The molecule has 1 rings (SSSR count). The van der Waals surface area contributed by atoms with E-state index in [2.05, 4.69) is 31.0 Å². The lowest BCUT2D eigenvalue weighted by Crippen LogP contribution is -2.44. The van der Waals surface area contributed by atoms with E-state index in [-0.39, 0.29) is 11.3 Å². The van der Waals surface area contributed by atoms with Crippen LogP contribution in [0.2, 0.25) is 0 Å². The van der Waals surface area contributed by atoms with Crippen molar-refractivity contribution >= 4 is 9.84 Å². The molecule has 0 saturated carbocycles. The van der Waals surface area contributed by atoms with Gasteiger partial charge in [-0.1, -0.05) is 0 Å². The predicted molar refractivity (Wildman–Crippen MR) is 90.5 cm³/mol. The highest BCUT2D eigenvalue weighted by atomic mass is 32.2. The Kier molecular flexibility index (Phi) is 6.28. The summed E-state index contributed by atoms with van der Waals surface area (Å²) in [6.07, 6.45) is 2.33. The Bertz CT molecular complexity index is 411. The number of nitrogens with one attached hydrogen (secondary N) is 1. The van der Waals surface area contributed by atoms with Crippen LogP contribution in [0, 0.1) is 5.92 Å². The van der Waals surface area contributed by atoms with Crippen LogP contribution in [-0.4, -0.2) is 55.5 Å². The highest BCUT2D eigenvalue weighted by molar-refractivity contribution is 7.92. The summed E-state index contributed by atoms with van der Waals surface area (Å²) in [5.41, 5.74) is 0.178. The maximum atomic E-state index is 12.1. The molecule has 1 N–H and O–H groups in total. The summed E-state index contributed by atoms with van der Waals surface area (Å²) in [4.78, 5) is 2.30. The third-order valence-electron chi connectivity index (χ3n) is 4.24. The van der Waals surface area contributed by atoms with Gasteiger partial charge in [-0.05, 0) is 79.9 Å². The molecule has 0 aromatic heterocycles. The van der Waals surface area contributed by atoms with Gasteiger partial charge in [0.15, 0.2) is 9.84 Å². The summed E-state index contributed by atoms with van der Waals surface area (Å²) >= 11 is 0. The molecule has 0 spiro atoms. The number of rotatable bonds is 5. The van der Waals surface area contributed by atoms with Gasteiger partial charge in [-0.25, -0.2) is 8.42 Å². The molecule has 1 aliphatic heterocycles. The molecule has 1 heterocycles. The molecular weight excluding hydrogens is 284 g/mol. The lowest BCUT2D eigenvalue weighted by molar-refractivity contribution is 0.184. The summed E-state index contributed by atoms with van der Waals surface area (Å²) in [6, 6.07) is 0. The lowest BCUT2D eigenvalue weighted by atomic mass is 9.95. The van der Waals surface area contributed by atoms with Crippen molar-refractivity contribution in [2.45, 2.75) is 64.7 Å². The molecule has 0 unspecified atom stereocenters. The highest BCUT2D eigenvalue weighted by Gasteiger charge is 2.29. The van der Waals surface area contributed by atoms with Crippen molar-refractivity contribution in [1.29, 1.82) is 0 Å². The Labute approximate surface area is 131 Å². The maximum Gasteiger partial charge on any atom is 0.156 e. The van der Waals surface area contributed by atoms with Crippen molar-refractivity contribution in [3.05, 3.63) is 0 Å². The van der Waals surface area contributed by atoms with Crippen LogP contribution in [0.1, 0.15) is 54.4 Å². The fourth-order valence-electron chi connectivity index (χ4n) is 2.42. The first kappa shape index (κ1) is 18.9. The van der Waals surface area contributed by atoms with Crippen LogP contribution in [0.15, 0.2) is 0 Å². The van der Waals surface area contributed by atoms with E-state index in [9.17, 15) is 8.42 Å². The van der Waals surface area contributed by atoms with Crippen LogP contribution >= 0.6 is 0 Å². The van der Waals surface area contributed by atoms with Gasteiger partial charge in [-0.2, -0.15) is 0 Å². The molecule has 1 fully saturated rings. The SMILES string of the molecule is CC(C)(C)NCC1CCN(CCS(=O)(=O)C(C)(C)C)CC1. The lowest BCUT2D eigenvalue weighted by Gasteiger charge is -2.34. The molecular formula is C16H34N2O2S. The van der Waals surface area contributed by atoms with E-state index in [0.717, 1.165) is 25.6 Å². The van der Waals surface area contributed by atoms with Gasteiger partial charge >= 0.3 is 0 Å². The van der Waals surface area contributed by atoms with E-state index in [4.69, 9.17) is 0 Å². The number of likely N-dealkylation sites (tertiary alicyclic amines) is 1. The van der Waals surface area contributed by atoms with E-state index in [1.54, 1.807) is 20.8 Å². The van der Waals surface area contributed by atoms with E-state index < -0.39 is 14.6 Å². The number of sulfone groups is 1. The topological polar surface area (TPSA) is 49.4 Å². The minimum atomic E-state index is -2.99. The van der Waals surface area contributed by atoms with Crippen LogP contribution in [0.3, 0.4) is 0 Å². The zero-order valence-electron chi connectivity index (χ0n) is 14.7. The van der Waals surface area contributed by atoms with E-state index in [0.29, 0.717) is 6.54 Å². The minimum Gasteiger partial charge on any atom is -0.312 e. The Morgan fingerprint density at radius 3 is 2.00 bits per heavy atom. The average Bonchev–Trinajstić information content (AvgIpc) is 2.33. The smallest absolute Gasteiger partial charge is 0.156 e. The number of piperidine rings is 1. The van der Waals surface area contributed by atoms with Gasteiger partial charge in [-0.3, -0.25) is 0 Å². The van der Waals surface area contributed by atoms with Gasteiger partial charge in [-0.15, -0.1) is 0 Å².